The lowest BCUT2D eigenvalue weighted by Gasteiger charge is -2.30. The van der Waals surface area contributed by atoms with E-state index in [9.17, 15) is 14.4 Å². The van der Waals surface area contributed by atoms with Crippen LogP contribution in [-0.2, 0) is 16.0 Å². The minimum absolute atomic E-state index is 0.0910. The number of hydrogen-bond acceptors (Lipinski definition) is 4. The molecule has 2 amide bonds. The number of carbonyl (C=O) groups is 3. The molecule has 0 radical (unpaired) electrons. The van der Waals surface area contributed by atoms with Crippen molar-refractivity contribution in [3.05, 3.63) is 51.7 Å². The third kappa shape index (κ3) is 4.95. The molecule has 1 aromatic heterocycles. The Hall–Kier alpha value is -2.67. The molecule has 0 bridgehead atoms. The SMILES string of the molecule is Cc1ccc(CC(=O)Nc2ccc(C(=O)N3CCC(C(=O)O)CC3)cc2)s1. The van der Waals surface area contributed by atoms with Gasteiger partial charge in [0.1, 0.15) is 0 Å². The van der Waals surface area contributed by atoms with Crippen molar-refractivity contribution in [2.75, 3.05) is 18.4 Å². The number of nitrogens with zero attached hydrogens (tertiary/aromatic N) is 1. The van der Waals surface area contributed by atoms with Crippen LogP contribution in [0.15, 0.2) is 36.4 Å². The highest BCUT2D eigenvalue weighted by molar-refractivity contribution is 7.12. The van der Waals surface area contributed by atoms with Crippen LogP contribution in [0.4, 0.5) is 5.69 Å². The molecule has 2 aromatic rings. The molecule has 0 spiro atoms. The zero-order chi connectivity index (χ0) is 19.4. The first-order valence-corrected chi connectivity index (χ1v) is 9.71. The number of thiophene rings is 1. The monoisotopic (exact) mass is 386 g/mol. The second-order valence-electron chi connectivity index (χ2n) is 6.72. The van der Waals surface area contributed by atoms with Crippen LogP contribution >= 0.6 is 11.3 Å². The van der Waals surface area contributed by atoms with Crippen LogP contribution in [0.5, 0.6) is 0 Å². The van der Waals surface area contributed by atoms with Gasteiger partial charge in [-0.3, -0.25) is 14.4 Å². The Kier molecular flexibility index (Phi) is 5.91. The van der Waals surface area contributed by atoms with E-state index in [1.807, 2.05) is 19.1 Å². The van der Waals surface area contributed by atoms with Crippen molar-refractivity contribution < 1.29 is 19.5 Å². The maximum atomic E-state index is 12.5. The predicted molar refractivity (Wildman–Crippen MR) is 104 cm³/mol. The van der Waals surface area contributed by atoms with Gasteiger partial charge in [-0.25, -0.2) is 0 Å². The molecule has 0 atom stereocenters. The topological polar surface area (TPSA) is 86.7 Å². The van der Waals surface area contributed by atoms with Crippen molar-refractivity contribution in [3.63, 3.8) is 0 Å². The number of aryl methyl sites for hydroxylation is 1. The van der Waals surface area contributed by atoms with Crippen molar-refractivity contribution in [2.45, 2.75) is 26.2 Å². The Balaban J connectivity index is 1.54. The lowest BCUT2D eigenvalue weighted by atomic mass is 9.96. The standard InChI is InChI=1S/C20H22N2O4S/c1-13-2-7-17(27-13)12-18(23)21-16-5-3-14(4-6-16)19(24)22-10-8-15(9-11-22)20(25)26/h2-7,15H,8-12H2,1H3,(H,21,23)(H,25,26). The van der Waals surface area contributed by atoms with Gasteiger partial charge in [-0.15, -0.1) is 11.3 Å². The Labute approximate surface area is 161 Å². The van der Waals surface area contributed by atoms with Crippen molar-refractivity contribution in [3.8, 4) is 0 Å². The number of carbonyl (C=O) groups excluding carboxylic acids is 2. The van der Waals surface area contributed by atoms with Gasteiger partial charge in [0.2, 0.25) is 5.91 Å². The summed E-state index contributed by atoms with van der Waals surface area (Å²) >= 11 is 1.60. The predicted octanol–water partition coefficient (Wildman–Crippen LogP) is 3.17. The zero-order valence-corrected chi connectivity index (χ0v) is 15.9. The summed E-state index contributed by atoms with van der Waals surface area (Å²) in [7, 11) is 0. The van der Waals surface area contributed by atoms with Gasteiger partial charge >= 0.3 is 5.97 Å². The normalized spacial score (nSPS) is 14.8. The van der Waals surface area contributed by atoms with E-state index in [-0.39, 0.29) is 17.7 Å². The number of nitrogens with one attached hydrogen (secondary N) is 1. The average Bonchev–Trinajstić information content (AvgIpc) is 3.06. The van der Waals surface area contributed by atoms with Crippen molar-refractivity contribution in [1.29, 1.82) is 0 Å². The molecule has 1 fully saturated rings. The van der Waals surface area contributed by atoms with Crippen molar-refractivity contribution in [2.24, 2.45) is 5.92 Å². The average molecular weight is 386 g/mol. The number of benzene rings is 1. The van der Waals surface area contributed by atoms with E-state index < -0.39 is 5.97 Å². The van der Waals surface area contributed by atoms with Gasteiger partial charge in [-0.1, -0.05) is 0 Å². The van der Waals surface area contributed by atoms with E-state index in [2.05, 4.69) is 5.32 Å². The van der Waals surface area contributed by atoms with Crippen LogP contribution in [0.2, 0.25) is 0 Å². The summed E-state index contributed by atoms with van der Waals surface area (Å²) in [5.74, 6) is -1.35. The fraction of sp³-hybridized carbons (Fsp3) is 0.350. The molecule has 1 aromatic carbocycles. The number of amides is 2. The van der Waals surface area contributed by atoms with Gasteiger partial charge in [0, 0.05) is 34.1 Å². The Bertz CT molecular complexity index is 836. The molecule has 142 valence electrons. The summed E-state index contributed by atoms with van der Waals surface area (Å²) < 4.78 is 0. The van der Waals surface area contributed by atoms with Crippen LogP contribution in [0, 0.1) is 12.8 Å². The summed E-state index contributed by atoms with van der Waals surface area (Å²) in [6.07, 6.45) is 1.30. The van der Waals surface area contributed by atoms with Crippen LogP contribution in [0.25, 0.3) is 0 Å². The molecule has 1 saturated heterocycles. The molecule has 1 aliphatic rings. The summed E-state index contributed by atoms with van der Waals surface area (Å²) in [6.45, 7) is 2.91. The number of anilines is 1. The minimum Gasteiger partial charge on any atom is -0.481 e. The maximum absolute atomic E-state index is 12.5. The first-order chi connectivity index (χ1) is 12.9. The quantitative estimate of drug-likeness (QED) is 0.826. The Morgan fingerprint density at radius 1 is 1.11 bits per heavy atom. The molecule has 1 aliphatic heterocycles. The smallest absolute Gasteiger partial charge is 0.306 e. The fourth-order valence-corrected chi connectivity index (χ4v) is 4.04. The summed E-state index contributed by atoms with van der Waals surface area (Å²) in [4.78, 5) is 39.5. The van der Waals surface area contributed by atoms with Gasteiger partial charge in [0.25, 0.3) is 5.91 Å². The third-order valence-electron chi connectivity index (χ3n) is 4.68. The fourth-order valence-electron chi connectivity index (χ4n) is 3.15. The molecule has 7 heteroatoms. The Morgan fingerprint density at radius 3 is 2.33 bits per heavy atom. The number of piperidine rings is 1. The number of carboxylic acid groups (broad SMARTS) is 1. The van der Waals surface area contributed by atoms with Crippen molar-refractivity contribution >= 4 is 34.8 Å². The highest BCUT2D eigenvalue weighted by atomic mass is 32.1. The summed E-state index contributed by atoms with van der Waals surface area (Å²) in [5.41, 5.74) is 1.19. The van der Waals surface area contributed by atoms with Gasteiger partial charge in [0.15, 0.2) is 0 Å². The highest BCUT2D eigenvalue weighted by Crippen LogP contribution is 2.20. The molecule has 2 heterocycles. The van der Waals surface area contributed by atoms with Gasteiger partial charge in [-0.05, 0) is 56.2 Å². The second kappa shape index (κ2) is 8.35. The first kappa shape index (κ1) is 19.1. The third-order valence-corrected chi connectivity index (χ3v) is 5.68. The van der Waals surface area contributed by atoms with E-state index >= 15 is 0 Å². The number of rotatable bonds is 5. The lowest BCUT2D eigenvalue weighted by Crippen LogP contribution is -2.40. The number of hydrogen-bond donors (Lipinski definition) is 2. The van der Waals surface area contributed by atoms with E-state index in [0.29, 0.717) is 43.6 Å². The van der Waals surface area contributed by atoms with Crippen LogP contribution in [-0.4, -0.2) is 40.9 Å². The summed E-state index contributed by atoms with van der Waals surface area (Å²) in [5, 5.41) is 11.9. The number of likely N-dealkylation sites (tertiary alicyclic amines) is 1. The molecule has 3 rings (SSSR count). The first-order valence-electron chi connectivity index (χ1n) is 8.89. The molecule has 27 heavy (non-hydrogen) atoms. The number of carboxylic acids is 1. The van der Waals surface area contributed by atoms with E-state index in [1.54, 1.807) is 40.5 Å². The molecular weight excluding hydrogens is 364 g/mol. The van der Waals surface area contributed by atoms with Crippen LogP contribution in [0.3, 0.4) is 0 Å². The zero-order valence-electron chi connectivity index (χ0n) is 15.1. The molecule has 6 nitrogen and oxygen atoms in total. The lowest BCUT2D eigenvalue weighted by molar-refractivity contribution is -0.143. The number of aliphatic carboxylic acids is 1. The van der Waals surface area contributed by atoms with Gasteiger partial charge < -0.3 is 15.3 Å². The molecule has 0 unspecified atom stereocenters. The van der Waals surface area contributed by atoms with Crippen LogP contribution < -0.4 is 5.32 Å². The molecule has 2 N–H and O–H groups in total. The van der Waals surface area contributed by atoms with E-state index in [1.165, 1.54) is 4.88 Å². The van der Waals surface area contributed by atoms with Gasteiger partial charge in [-0.2, -0.15) is 0 Å². The van der Waals surface area contributed by atoms with Gasteiger partial charge in [0.05, 0.1) is 12.3 Å². The van der Waals surface area contributed by atoms with Crippen molar-refractivity contribution in [1.82, 2.24) is 4.90 Å². The molecular formula is C20H22N2O4S. The largest absolute Gasteiger partial charge is 0.481 e. The summed E-state index contributed by atoms with van der Waals surface area (Å²) in [6, 6.07) is 10.8. The Morgan fingerprint density at radius 2 is 1.78 bits per heavy atom. The molecule has 0 saturated carbocycles. The second-order valence-corrected chi connectivity index (χ2v) is 8.09. The highest BCUT2D eigenvalue weighted by Gasteiger charge is 2.27. The van der Waals surface area contributed by atoms with Crippen LogP contribution in [0.1, 0.15) is 33.0 Å². The minimum atomic E-state index is -0.792. The van der Waals surface area contributed by atoms with E-state index in [4.69, 9.17) is 5.11 Å². The molecule has 0 aliphatic carbocycles. The maximum Gasteiger partial charge on any atom is 0.306 e. The van der Waals surface area contributed by atoms with E-state index in [0.717, 1.165) is 4.88 Å².